The highest BCUT2D eigenvalue weighted by molar-refractivity contribution is 8.01. The molecule has 5 amide bonds. The standard InChI is InChI=1S/C86H129N11O11S2/c1-4-7-10-12-14-16-18-20-22-24-26-28-34-41-74(100)107-58-68(108-75(101)42-35-29-27-25-23-21-19-17-15-13-11-8-5-2)59-109-60-70(83(104)90-67-51-45-63(46-52-67)57-97-81-78(93-86(97)106)80(87)94-85(95-81)89-53-9-6-3)92-82(103)66-47-43-62(44-48-66)56-96-73(99)55-71(84(96)105)110-61-72(98)88-54-37-36-40-69-79(102)76-64-38-32-30-31-33-39-65(50-49-64)77(76)91-69/h30-33,38-39,45-46,49-52,62,66,68-71,76-77,91H,4-29,34-37,40-44,47-48,53-61H2,1-3H3,(H,88,98)(H,90,104)(H,92,103)(H,93,106)(H3,87,89,94,95). The van der Waals surface area contributed by atoms with E-state index in [1.165, 1.54) is 149 Å². The van der Waals surface area contributed by atoms with Crippen LogP contribution in [-0.2, 0) is 54.4 Å². The first-order valence-corrected chi connectivity index (χ1v) is 44.4. The van der Waals surface area contributed by atoms with Crippen molar-refractivity contribution in [3.8, 4) is 6.01 Å². The summed E-state index contributed by atoms with van der Waals surface area (Å²) in [5.41, 5.74) is 10.2. The summed E-state index contributed by atoms with van der Waals surface area (Å²) in [6.45, 7) is 7.91. The predicted octanol–water partition coefficient (Wildman–Crippen LogP) is 16.0. The van der Waals surface area contributed by atoms with Gasteiger partial charge in [-0.2, -0.15) is 26.7 Å². The molecule has 3 fully saturated rings. The van der Waals surface area contributed by atoms with Gasteiger partial charge in [-0.25, -0.2) is 0 Å². The van der Waals surface area contributed by atoms with Crippen molar-refractivity contribution in [2.24, 2.45) is 17.8 Å². The SMILES string of the molecule is CCCCCCCCCCCCCCCC(=O)OCC(CSCC(NC(=O)C1CCC(CN2C(=O)CC(SCC(=O)NCCCCC3NC4C5=CC=CC=CC=C(C=C5)C4C3=O)C2=O)CC1)C(=O)Nc1ccc(Cn2c(O)nc3c(N)nc(NCCCC)nc32)cc1)OC(=O)CCCCCCCCCCCCCCC. The highest BCUT2D eigenvalue weighted by Gasteiger charge is 2.45. The molecule has 0 radical (unpaired) electrons. The number of unbranched alkanes of at least 4 members (excludes halogenated alkanes) is 26. The molecular weight excluding hydrogens is 1430 g/mol. The van der Waals surface area contributed by atoms with E-state index in [4.69, 9.17) is 15.2 Å². The van der Waals surface area contributed by atoms with E-state index >= 15 is 0 Å². The van der Waals surface area contributed by atoms with Crippen molar-refractivity contribution < 1.29 is 52.9 Å². The molecule has 4 heterocycles. The number of amides is 5. The minimum Gasteiger partial charge on any atom is -0.480 e. The van der Waals surface area contributed by atoms with Gasteiger partial charge in [0.2, 0.25) is 35.5 Å². The zero-order valence-electron chi connectivity index (χ0n) is 66.2. The number of esters is 2. The van der Waals surface area contributed by atoms with Crippen molar-refractivity contribution in [3.05, 3.63) is 89.6 Å². The Balaban J connectivity index is 0.827. The number of imidazole rings is 1. The van der Waals surface area contributed by atoms with Gasteiger partial charge in [0, 0.05) is 68.0 Å². The molecule has 3 aliphatic carbocycles. The quantitative estimate of drug-likeness (QED) is 0.0157. The first-order chi connectivity index (χ1) is 53.6. The van der Waals surface area contributed by atoms with E-state index < -0.39 is 29.2 Å². The number of carbonyl (C=O) groups is 8. The summed E-state index contributed by atoms with van der Waals surface area (Å²) >= 11 is 2.49. The summed E-state index contributed by atoms with van der Waals surface area (Å²) in [6, 6.07) is 5.39. The molecule has 3 aromatic rings. The number of hydrogen-bond donors (Lipinski definition) is 7. The number of thioether (sulfide) groups is 2. The number of ether oxygens (including phenoxy) is 2. The number of rotatable bonds is 55. The molecule has 8 N–H and O–H groups in total. The average molecular weight is 1560 g/mol. The van der Waals surface area contributed by atoms with Gasteiger partial charge in [-0.3, -0.25) is 53.1 Å². The van der Waals surface area contributed by atoms with Crippen molar-refractivity contribution in [3.63, 3.8) is 0 Å². The summed E-state index contributed by atoms with van der Waals surface area (Å²) in [7, 11) is 0. The lowest BCUT2D eigenvalue weighted by molar-refractivity contribution is -0.157. The minimum absolute atomic E-state index is 0.00510. The fraction of sp³-hybridized carbons (Fsp3) is 0.663. The molecule has 5 aliphatic rings. The number of carbonyl (C=O) groups excluding carboxylic acids is 8. The number of benzene rings is 1. The van der Waals surface area contributed by atoms with Crippen molar-refractivity contribution in [2.75, 3.05) is 59.9 Å². The fourth-order valence-corrected chi connectivity index (χ4v) is 17.3. The summed E-state index contributed by atoms with van der Waals surface area (Å²) in [5, 5.41) is 26.1. The maximum atomic E-state index is 14.6. The van der Waals surface area contributed by atoms with Gasteiger partial charge >= 0.3 is 11.9 Å². The van der Waals surface area contributed by atoms with Crippen LogP contribution in [0, 0.1) is 17.8 Å². The lowest BCUT2D eigenvalue weighted by Crippen LogP contribution is -2.48. The number of aromatic hydroxyl groups is 1. The molecule has 8 rings (SSSR count). The second-order valence-electron chi connectivity index (χ2n) is 30.9. The van der Waals surface area contributed by atoms with Crippen molar-refractivity contribution in [1.29, 1.82) is 0 Å². The minimum atomic E-state index is -1.05. The normalized spacial score (nSPS) is 19.3. The topological polar surface area (TPSA) is 308 Å². The lowest BCUT2D eigenvalue weighted by atomic mass is 9.80. The van der Waals surface area contributed by atoms with Gasteiger partial charge in [0.05, 0.1) is 29.5 Å². The van der Waals surface area contributed by atoms with E-state index in [2.05, 4.69) is 74.5 Å². The number of fused-ring (bicyclic) bond motifs is 1. The van der Waals surface area contributed by atoms with Crippen LogP contribution >= 0.6 is 23.5 Å². The van der Waals surface area contributed by atoms with Gasteiger partial charge in [0.25, 0.3) is 6.01 Å². The maximum Gasteiger partial charge on any atom is 0.306 e. The van der Waals surface area contributed by atoms with Gasteiger partial charge in [0.1, 0.15) is 18.8 Å². The van der Waals surface area contributed by atoms with Crippen LogP contribution in [0.5, 0.6) is 6.01 Å². The third-order valence-electron chi connectivity index (χ3n) is 21.9. The number of anilines is 3. The van der Waals surface area contributed by atoms with E-state index in [9.17, 15) is 43.5 Å². The van der Waals surface area contributed by atoms with Crippen LogP contribution in [0.2, 0.25) is 0 Å². The van der Waals surface area contributed by atoms with Crippen LogP contribution in [0.1, 0.15) is 270 Å². The summed E-state index contributed by atoms with van der Waals surface area (Å²) in [6.07, 6.45) is 52.6. The van der Waals surface area contributed by atoms with Gasteiger partial charge in [-0.1, -0.05) is 242 Å². The van der Waals surface area contributed by atoms with Gasteiger partial charge in [-0.15, -0.1) is 11.8 Å². The smallest absolute Gasteiger partial charge is 0.306 e. The monoisotopic (exact) mass is 1560 g/mol. The van der Waals surface area contributed by atoms with Crippen LogP contribution in [0.15, 0.2) is 84.0 Å². The Morgan fingerprint density at radius 1 is 0.664 bits per heavy atom. The highest BCUT2D eigenvalue weighted by atomic mass is 32.2. The molecular formula is C86H129N11O11S2. The Labute approximate surface area is 663 Å². The molecule has 0 spiro atoms. The van der Waals surface area contributed by atoms with Crippen LogP contribution in [0.4, 0.5) is 17.5 Å². The first-order valence-electron chi connectivity index (χ1n) is 42.2. The number of nitrogen functional groups attached to an aromatic ring is 1. The number of ketones is 1. The fourth-order valence-electron chi connectivity index (χ4n) is 15.3. The van der Waals surface area contributed by atoms with Crippen molar-refractivity contribution in [2.45, 2.75) is 301 Å². The number of aromatic nitrogens is 4. The number of nitrogens with two attached hydrogens (primary N) is 1. The van der Waals surface area contributed by atoms with E-state index in [1.54, 1.807) is 24.3 Å². The molecule has 2 bridgehead atoms. The van der Waals surface area contributed by atoms with Crippen molar-refractivity contribution >= 4 is 99.4 Å². The number of allylic oxidation sites excluding steroid dienone is 7. The molecule has 110 heavy (non-hydrogen) atoms. The molecule has 6 atom stereocenters. The Morgan fingerprint density at radius 3 is 1.88 bits per heavy atom. The van der Waals surface area contributed by atoms with Crippen LogP contribution < -0.4 is 32.3 Å². The predicted molar refractivity (Wildman–Crippen MR) is 442 cm³/mol. The number of nitrogens with one attached hydrogen (secondary N) is 5. The van der Waals surface area contributed by atoms with Crippen LogP contribution in [0.25, 0.3) is 11.2 Å². The second-order valence-corrected chi connectivity index (χ2v) is 33.1. The van der Waals surface area contributed by atoms with E-state index in [1.807, 2.05) is 36.5 Å². The van der Waals surface area contributed by atoms with Crippen LogP contribution in [0.3, 0.4) is 0 Å². The summed E-state index contributed by atoms with van der Waals surface area (Å²) in [4.78, 5) is 124. The number of Topliss-reactive ketones (excluding diaryl/α,β-unsaturated/α-hetero) is 1. The van der Waals surface area contributed by atoms with Gasteiger partial charge in [-0.05, 0) is 99.0 Å². The Bertz CT molecular complexity index is 3550. The number of nitrogens with zero attached hydrogens (tertiary/aromatic N) is 5. The first kappa shape index (κ1) is 88.3. The molecule has 606 valence electrons. The average Bonchev–Trinajstić information content (AvgIpc) is 1.57. The Hall–Kier alpha value is -7.31. The molecule has 2 saturated heterocycles. The molecule has 1 saturated carbocycles. The third-order valence-corrected chi connectivity index (χ3v) is 24.3. The number of likely N-dealkylation sites (tertiary alicyclic amines) is 1. The Morgan fingerprint density at radius 2 is 1.25 bits per heavy atom. The molecule has 2 aliphatic heterocycles. The van der Waals surface area contributed by atoms with Gasteiger partial charge < -0.3 is 41.6 Å². The second kappa shape index (κ2) is 49.9. The largest absolute Gasteiger partial charge is 0.480 e. The Kier molecular flexibility index (Phi) is 40.1. The number of hydrogen-bond acceptors (Lipinski definition) is 19. The van der Waals surface area contributed by atoms with E-state index in [-0.39, 0.29) is 139 Å². The number of imide groups is 1. The lowest BCUT2D eigenvalue weighted by Gasteiger charge is -2.31. The molecule has 1 aromatic carbocycles. The molecule has 6 unspecified atom stereocenters. The molecule has 22 nitrogen and oxygen atoms in total. The molecule has 2 aromatic heterocycles. The maximum absolute atomic E-state index is 14.6. The summed E-state index contributed by atoms with van der Waals surface area (Å²) in [5.74, 6) is -2.09. The highest BCUT2D eigenvalue weighted by Crippen LogP contribution is 2.37. The van der Waals surface area contributed by atoms with Gasteiger partial charge in [0.15, 0.2) is 22.8 Å². The summed E-state index contributed by atoms with van der Waals surface area (Å²) < 4.78 is 13.4. The van der Waals surface area contributed by atoms with Crippen LogP contribution in [-0.4, -0.2) is 150 Å². The van der Waals surface area contributed by atoms with Crippen molar-refractivity contribution in [1.82, 2.24) is 40.4 Å². The van der Waals surface area contributed by atoms with E-state index in [0.717, 1.165) is 74.5 Å². The van der Waals surface area contributed by atoms with E-state index in [0.29, 0.717) is 81.7 Å². The molecule has 24 heteroatoms. The third kappa shape index (κ3) is 30.3. The zero-order chi connectivity index (χ0) is 78.1. The zero-order valence-corrected chi connectivity index (χ0v) is 67.9.